The van der Waals surface area contributed by atoms with Crippen molar-refractivity contribution >= 4 is 0 Å². The van der Waals surface area contributed by atoms with Gasteiger partial charge in [0.25, 0.3) is 0 Å². The molecule has 0 fully saturated rings. The Kier molecular flexibility index (Phi) is 2.10. The van der Waals surface area contributed by atoms with Crippen molar-refractivity contribution in [3.05, 3.63) is 36.0 Å². The normalized spacial score (nSPS) is 24.2. The standard InChI is InChI=1S/C10H14/c1-8(2)10-6-4-5-9(3)7-10/h4-6,9H,1,7H2,2-3H3. The van der Waals surface area contributed by atoms with Crippen LogP contribution in [-0.2, 0) is 0 Å². The summed E-state index contributed by atoms with van der Waals surface area (Å²) < 4.78 is 0. The molecule has 0 saturated carbocycles. The highest BCUT2D eigenvalue weighted by molar-refractivity contribution is 5.33. The summed E-state index contributed by atoms with van der Waals surface area (Å²) in [6.45, 7) is 8.21. The molecule has 1 aliphatic carbocycles. The predicted molar refractivity (Wildman–Crippen MR) is 45.8 cm³/mol. The Morgan fingerprint density at radius 2 is 2.40 bits per heavy atom. The Labute approximate surface area is 62.9 Å². The molecule has 1 unspecified atom stereocenters. The SMILES string of the molecule is C=C(C)C1=CC=CC(C)C1. The van der Waals surface area contributed by atoms with Crippen LogP contribution in [0.5, 0.6) is 0 Å². The molecule has 0 heteroatoms. The van der Waals surface area contributed by atoms with Gasteiger partial charge in [0.15, 0.2) is 0 Å². The van der Waals surface area contributed by atoms with Crippen molar-refractivity contribution in [3.63, 3.8) is 0 Å². The molecular weight excluding hydrogens is 120 g/mol. The monoisotopic (exact) mass is 134 g/mol. The van der Waals surface area contributed by atoms with E-state index in [4.69, 9.17) is 0 Å². The quantitative estimate of drug-likeness (QED) is 0.517. The van der Waals surface area contributed by atoms with E-state index < -0.39 is 0 Å². The first kappa shape index (κ1) is 7.33. The molecule has 1 rings (SSSR count). The molecule has 0 aromatic rings. The average Bonchev–Trinajstić information content (AvgIpc) is 1.88. The highest BCUT2D eigenvalue weighted by Gasteiger charge is 2.05. The summed E-state index contributed by atoms with van der Waals surface area (Å²) in [6.07, 6.45) is 7.67. The molecular formula is C10H14. The first-order valence-corrected chi connectivity index (χ1v) is 3.73. The maximum Gasteiger partial charge on any atom is -0.0216 e. The van der Waals surface area contributed by atoms with E-state index in [1.165, 1.54) is 11.1 Å². The van der Waals surface area contributed by atoms with Crippen molar-refractivity contribution < 1.29 is 0 Å². The zero-order valence-electron chi connectivity index (χ0n) is 6.72. The third-order valence-electron chi connectivity index (χ3n) is 1.83. The van der Waals surface area contributed by atoms with Crippen molar-refractivity contribution in [1.29, 1.82) is 0 Å². The second-order valence-corrected chi connectivity index (χ2v) is 3.04. The zero-order valence-corrected chi connectivity index (χ0v) is 6.72. The van der Waals surface area contributed by atoms with E-state index in [9.17, 15) is 0 Å². The molecule has 0 heterocycles. The van der Waals surface area contributed by atoms with Gasteiger partial charge >= 0.3 is 0 Å². The molecule has 0 aromatic heterocycles. The molecule has 0 N–H and O–H groups in total. The van der Waals surface area contributed by atoms with E-state index in [1.807, 2.05) is 0 Å². The van der Waals surface area contributed by atoms with Crippen LogP contribution >= 0.6 is 0 Å². The fourth-order valence-electron chi connectivity index (χ4n) is 1.16. The second kappa shape index (κ2) is 2.87. The lowest BCUT2D eigenvalue weighted by molar-refractivity contribution is 0.712. The van der Waals surface area contributed by atoms with Gasteiger partial charge in [-0.25, -0.2) is 0 Å². The summed E-state index contributed by atoms with van der Waals surface area (Å²) in [7, 11) is 0. The highest BCUT2D eigenvalue weighted by Crippen LogP contribution is 2.22. The summed E-state index contributed by atoms with van der Waals surface area (Å²) in [4.78, 5) is 0. The van der Waals surface area contributed by atoms with E-state index in [0.29, 0.717) is 5.92 Å². The first-order chi connectivity index (χ1) is 4.70. The third kappa shape index (κ3) is 1.60. The van der Waals surface area contributed by atoms with Crippen LogP contribution < -0.4 is 0 Å². The first-order valence-electron chi connectivity index (χ1n) is 3.73. The van der Waals surface area contributed by atoms with Crippen LogP contribution in [-0.4, -0.2) is 0 Å². The fourth-order valence-corrected chi connectivity index (χ4v) is 1.16. The van der Waals surface area contributed by atoms with E-state index in [0.717, 1.165) is 6.42 Å². The van der Waals surface area contributed by atoms with Crippen LogP contribution in [0.15, 0.2) is 36.0 Å². The van der Waals surface area contributed by atoms with E-state index >= 15 is 0 Å². The van der Waals surface area contributed by atoms with Crippen molar-refractivity contribution in [2.75, 3.05) is 0 Å². The van der Waals surface area contributed by atoms with Crippen LogP contribution in [0, 0.1) is 5.92 Å². The van der Waals surface area contributed by atoms with E-state index in [1.54, 1.807) is 0 Å². The Hall–Kier alpha value is -0.780. The Morgan fingerprint density at radius 1 is 1.70 bits per heavy atom. The molecule has 0 aliphatic heterocycles. The van der Waals surface area contributed by atoms with Gasteiger partial charge in [-0.05, 0) is 24.8 Å². The summed E-state index contributed by atoms with van der Waals surface area (Å²) in [5, 5.41) is 0. The molecule has 0 aromatic carbocycles. The van der Waals surface area contributed by atoms with E-state index in [2.05, 4.69) is 38.7 Å². The maximum atomic E-state index is 3.91. The zero-order chi connectivity index (χ0) is 7.56. The summed E-state index contributed by atoms with van der Waals surface area (Å²) in [5.41, 5.74) is 2.60. The van der Waals surface area contributed by atoms with Crippen LogP contribution in [0.2, 0.25) is 0 Å². The fraction of sp³-hybridized carbons (Fsp3) is 0.400. The van der Waals surface area contributed by atoms with Gasteiger partial charge in [-0.2, -0.15) is 0 Å². The van der Waals surface area contributed by atoms with Gasteiger partial charge in [0.1, 0.15) is 0 Å². The van der Waals surface area contributed by atoms with Crippen molar-refractivity contribution in [1.82, 2.24) is 0 Å². The van der Waals surface area contributed by atoms with Crippen LogP contribution in [0.25, 0.3) is 0 Å². The lowest BCUT2D eigenvalue weighted by atomic mass is 9.92. The van der Waals surface area contributed by atoms with Crippen LogP contribution in [0.4, 0.5) is 0 Å². The Morgan fingerprint density at radius 3 is 2.80 bits per heavy atom. The van der Waals surface area contributed by atoms with Crippen molar-refractivity contribution in [2.24, 2.45) is 5.92 Å². The summed E-state index contributed by atoms with van der Waals surface area (Å²) in [5.74, 6) is 0.691. The van der Waals surface area contributed by atoms with Crippen LogP contribution in [0.3, 0.4) is 0 Å². The molecule has 10 heavy (non-hydrogen) atoms. The molecule has 0 saturated heterocycles. The lowest BCUT2D eigenvalue weighted by Crippen LogP contribution is -1.97. The minimum atomic E-state index is 0.691. The minimum Gasteiger partial charge on any atom is -0.0958 e. The summed E-state index contributed by atoms with van der Waals surface area (Å²) >= 11 is 0. The molecule has 1 atom stereocenters. The predicted octanol–water partition coefficient (Wildman–Crippen LogP) is 3.08. The molecule has 0 spiro atoms. The third-order valence-corrected chi connectivity index (χ3v) is 1.83. The van der Waals surface area contributed by atoms with E-state index in [-0.39, 0.29) is 0 Å². The maximum absolute atomic E-state index is 3.91. The van der Waals surface area contributed by atoms with Gasteiger partial charge in [-0.1, -0.05) is 37.3 Å². The van der Waals surface area contributed by atoms with Gasteiger partial charge in [0, 0.05) is 0 Å². The lowest BCUT2D eigenvalue weighted by Gasteiger charge is -2.13. The van der Waals surface area contributed by atoms with Crippen molar-refractivity contribution in [3.8, 4) is 0 Å². The number of hydrogen-bond donors (Lipinski definition) is 0. The summed E-state index contributed by atoms with van der Waals surface area (Å²) in [6, 6.07) is 0. The minimum absolute atomic E-state index is 0.691. The van der Waals surface area contributed by atoms with Crippen molar-refractivity contribution in [2.45, 2.75) is 20.3 Å². The van der Waals surface area contributed by atoms with Gasteiger partial charge in [-0.15, -0.1) is 0 Å². The number of allylic oxidation sites excluding steroid dienone is 5. The number of hydrogen-bond acceptors (Lipinski definition) is 0. The van der Waals surface area contributed by atoms with Gasteiger partial charge in [0.05, 0.1) is 0 Å². The topological polar surface area (TPSA) is 0 Å². The largest absolute Gasteiger partial charge is 0.0958 e. The second-order valence-electron chi connectivity index (χ2n) is 3.04. The smallest absolute Gasteiger partial charge is 0.0216 e. The molecule has 0 nitrogen and oxygen atoms in total. The molecule has 0 radical (unpaired) electrons. The van der Waals surface area contributed by atoms with Gasteiger partial charge in [-0.3, -0.25) is 0 Å². The van der Waals surface area contributed by atoms with Gasteiger partial charge < -0.3 is 0 Å². The van der Waals surface area contributed by atoms with Crippen LogP contribution in [0.1, 0.15) is 20.3 Å². The highest BCUT2D eigenvalue weighted by atomic mass is 14.1. The molecule has 0 amide bonds. The molecule has 54 valence electrons. The Bertz CT molecular complexity index is 194. The molecule has 0 bridgehead atoms. The van der Waals surface area contributed by atoms with Gasteiger partial charge in [0.2, 0.25) is 0 Å². The Balaban J connectivity index is 2.71. The average molecular weight is 134 g/mol. The number of rotatable bonds is 1. The molecule has 1 aliphatic rings.